The van der Waals surface area contributed by atoms with Crippen molar-refractivity contribution >= 4 is 34.9 Å². The van der Waals surface area contributed by atoms with Crippen molar-refractivity contribution in [3.8, 4) is 0 Å². The first-order chi connectivity index (χ1) is 15.9. The highest BCUT2D eigenvalue weighted by Gasteiger charge is 2.23. The highest BCUT2D eigenvalue weighted by molar-refractivity contribution is 6.01. The smallest absolute Gasteiger partial charge is 0.323 e. The molecule has 0 aliphatic carbocycles. The Morgan fingerprint density at radius 3 is 1.88 bits per heavy atom. The number of hydrogen-bond donors (Lipinski definition) is 4. The molecule has 3 rings (SSSR count). The van der Waals surface area contributed by atoms with Gasteiger partial charge in [0.1, 0.15) is 6.04 Å². The van der Waals surface area contributed by atoms with E-state index in [-0.39, 0.29) is 17.7 Å². The molecular weight excluding hydrogens is 416 g/mol. The van der Waals surface area contributed by atoms with Crippen LogP contribution in [0.3, 0.4) is 0 Å². The number of carbonyl (C=O) groups is 3. The molecule has 1 atom stereocenters. The van der Waals surface area contributed by atoms with Crippen LogP contribution in [0, 0.1) is 5.92 Å². The molecule has 3 aromatic carbocycles. The summed E-state index contributed by atoms with van der Waals surface area (Å²) in [5.74, 6) is -0.388. The van der Waals surface area contributed by atoms with Gasteiger partial charge in [0.2, 0.25) is 5.91 Å². The Bertz CT molecular complexity index is 1080. The van der Waals surface area contributed by atoms with Crippen molar-refractivity contribution in [3.05, 3.63) is 90.5 Å². The third kappa shape index (κ3) is 7.50. The number of rotatable bonds is 8. The lowest BCUT2D eigenvalue weighted by Gasteiger charge is -2.20. The number of urea groups is 1. The lowest BCUT2D eigenvalue weighted by Crippen LogP contribution is -2.37. The molecule has 7 heteroatoms. The van der Waals surface area contributed by atoms with Crippen LogP contribution in [-0.4, -0.2) is 17.8 Å². The minimum Gasteiger partial charge on any atom is -0.341 e. The summed E-state index contributed by atoms with van der Waals surface area (Å²) >= 11 is 0. The first kappa shape index (κ1) is 23.5. The van der Waals surface area contributed by atoms with E-state index in [9.17, 15) is 14.4 Å². The second kappa shape index (κ2) is 11.5. The molecule has 0 aliphatic heterocycles. The van der Waals surface area contributed by atoms with E-state index in [1.54, 1.807) is 48.5 Å². The van der Waals surface area contributed by atoms with Crippen LogP contribution < -0.4 is 21.3 Å². The molecule has 7 nitrogen and oxygen atoms in total. The summed E-state index contributed by atoms with van der Waals surface area (Å²) in [4.78, 5) is 37.7. The van der Waals surface area contributed by atoms with Crippen LogP contribution in [0.1, 0.15) is 31.9 Å². The van der Waals surface area contributed by atoms with Crippen LogP contribution in [0.15, 0.2) is 84.9 Å². The van der Waals surface area contributed by atoms with Crippen molar-refractivity contribution in [3.63, 3.8) is 0 Å². The number of nitrogens with one attached hydrogen (secondary N) is 4. The van der Waals surface area contributed by atoms with Gasteiger partial charge in [0, 0.05) is 23.5 Å². The predicted octanol–water partition coefficient (Wildman–Crippen LogP) is 5.17. The van der Waals surface area contributed by atoms with E-state index >= 15 is 0 Å². The third-order valence-corrected chi connectivity index (χ3v) is 4.71. The average Bonchev–Trinajstić information content (AvgIpc) is 2.78. The molecule has 0 fully saturated rings. The average molecular weight is 445 g/mol. The minimum absolute atomic E-state index is 0.175. The predicted molar refractivity (Wildman–Crippen MR) is 131 cm³/mol. The van der Waals surface area contributed by atoms with Gasteiger partial charge in [-0.05, 0) is 41.8 Å². The summed E-state index contributed by atoms with van der Waals surface area (Å²) in [6.45, 7) is 3.90. The fraction of sp³-hybridized carbons (Fsp3) is 0.192. The minimum atomic E-state index is -0.838. The van der Waals surface area contributed by atoms with Crippen LogP contribution >= 0.6 is 0 Å². The van der Waals surface area contributed by atoms with Crippen molar-refractivity contribution < 1.29 is 14.4 Å². The van der Waals surface area contributed by atoms with Gasteiger partial charge in [-0.15, -0.1) is 0 Å². The van der Waals surface area contributed by atoms with Crippen molar-refractivity contribution in [2.75, 3.05) is 16.0 Å². The topological polar surface area (TPSA) is 99.3 Å². The summed E-state index contributed by atoms with van der Waals surface area (Å²) in [6.07, 6.45) is 0.326. The number of amides is 4. The molecule has 4 amide bonds. The number of hydrogen-bond acceptors (Lipinski definition) is 3. The van der Waals surface area contributed by atoms with E-state index < -0.39 is 12.1 Å². The molecule has 1 unspecified atom stereocenters. The molecule has 4 N–H and O–H groups in total. The SMILES string of the molecule is CC(C)CC(=O)NC(C(=O)Nc1cccc(NC(=O)Nc2ccccc2)c1)c1ccccc1. The van der Waals surface area contributed by atoms with Gasteiger partial charge in [0.15, 0.2) is 0 Å². The Labute approximate surface area is 193 Å². The lowest BCUT2D eigenvalue weighted by atomic mass is 10.0. The van der Waals surface area contributed by atoms with E-state index in [1.165, 1.54) is 0 Å². The Hall–Kier alpha value is -4.13. The Morgan fingerprint density at radius 1 is 0.697 bits per heavy atom. The maximum Gasteiger partial charge on any atom is 0.323 e. The fourth-order valence-electron chi connectivity index (χ4n) is 3.24. The van der Waals surface area contributed by atoms with Gasteiger partial charge in [-0.3, -0.25) is 9.59 Å². The summed E-state index contributed by atoms with van der Waals surface area (Å²) in [7, 11) is 0. The maximum absolute atomic E-state index is 13.1. The molecule has 0 aliphatic rings. The Morgan fingerprint density at radius 2 is 1.24 bits per heavy atom. The highest BCUT2D eigenvalue weighted by atomic mass is 16.2. The van der Waals surface area contributed by atoms with E-state index in [0.29, 0.717) is 29.0 Å². The van der Waals surface area contributed by atoms with Gasteiger partial charge in [-0.1, -0.05) is 68.4 Å². The van der Waals surface area contributed by atoms with Gasteiger partial charge < -0.3 is 21.3 Å². The molecule has 0 saturated carbocycles. The number of carbonyl (C=O) groups excluding carboxylic acids is 3. The zero-order chi connectivity index (χ0) is 23.6. The summed E-state index contributed by atoms with van der Waals surface area (Å²) in [5, 5.41) is 11.2. The van der Waals surface area contributed by atoms with Gasteiger partial charge >= 0.3 is 6.03 Å². The summed E-state index contributed by atoms with van der Waals surface area (Å²) in [6, 6.07) is 23.8. The van der Waals surface area contributed by atoms with Gasteiger partial charge in [0.25, 0.3) is 5.91 Å². The van der Waals surface area contributed by atoms with E-state index in [2.05, 4.69) is 21.3 Å². The van der Waals surface area contributed by atoms with E-state index in [4.69, 9.17) is 0 Å². The van der Waals surface area contributed by atoms with Gasteiger partial charge in [0.05, 0.1) is 0 Å². The van der Waals surface area contributed by atoms with Crippen LogP contribution in [0.4, 0.5) is 21.9 Å². The first-order valence-electron chi connectivity index (χ1n) is 10.8. The Kier molecular flexibility index (Phi) is 8.18. The molecule has 0 aromatic heterocycles. The van der Waals surface area contributed by atoms with E-state index in [0.717, 1.165) is 0 Å². The van der Waals surface area contributed by atoms with Gasteiger partial charge in [-0.2, -0.15) is 0 Å². The standard InChI is InChI=1S/C26H28N4O3/c1-18(2)16-23(31)30-24(19-10-5-3-6-11-19)25(32)27-21-14-9-15-22(17-21)29-26(33)28-20-12-7-4-8-13-20/h3-15,17-18,24H,16H2,1-2H3,(H,27,32)(H,30,31)(H2,28,29,33). The molecule has 0 radical (unpaired) electrons. The zero-order valence-corrected chi connectivity index (χ0v) is 18.7. The second-order valence-electron chi connectivity index (χ2n) is 8.02. The monoisotopic (exact) mass is 444 g/mol. The number of anilines is 3. The molecule has 0 spiro atoms. The Balaban J connectivity index is 1.69. The van der Waals surface area contributed by atoms with Crippen molar-refractivity contribution in [2.24, 2.45) is 5.92 Å². The van der Waals surface area contributed by atoms with E-state index in [1.807, 2.05) is 50.2 Å². The fourth-order valence-corrected chi connectivity index (χ4v) is 3.24. The molecule has 33 heavy (non-hydrogen) atoms. The normalized spacial score (nSPS) is 11.4. The largest absolute Gasteiger partial charge is 0.341 e. The molecule has 0 saturated heterocycles. The summed E-state index contributed by atoms with van der Waals surface area (Å²) < 4.78 is 0. The van der Waals surface area contributed by atoms with Crippen molar-refractivity contribution in [1.82, 2.24) is 5.32 Å². The molecule has 170 valence electrons. The third-order valence-electron chi connectivity index (χ3n) is 4.71. The van der Waals surface area contributed by atoms with Crippen molar-refractivity contribution in [1.29, 1.82) is 0 Å². The second-order valence-corrected chi connectivity index (χ2v) is 8.02. The zero-order valence-electron chi connectivity index (χ0n) is 18.7. The first-order valence-corrected chi connectivity index (χ1v) is 10.8. The number of para-hydroxylation sites is 1. The lowest BCUT2D eigenvalue weighted by molar-refractivity contribution is -0.127. The number of benzene rings is 3. The highest BCUT2D eigenvalue weighted by Crippen LogP contribution is 2.20. The van der Waals surface area contributed by atoms with Crippen LogP contribution in [0.5, 0.6) is 0 Å². The molecule has 3 aromatic rings. The van der Waals surface area contributed by atoms with Gasteiger partial charge in [-0.25, -0.2) is 4.79 Å². The maximum atomic E-state index is 13.1. The molecule has 0 heterocycles. The van der Waals surface area contributed by atoms with Crippen molar-refractivity contribution in [2.45, 2.75) is 26.3 Å². The summed E-state index contributed by atoms with van der Waals surface area (Å²) in [5.41, 5.74) is 2.36. The van der Waals surface area contributed by atoms with Crippen LogP contribution in [-0.2, 0) is 9.59 Å². The molecule has 0 bridgehead atoms. The quantitative estimate of drug-likeness (QED) is 0.386. The van der Waals surface area contributed by atoms with Crippen LogP contribution in [0.25, 0.3) is 0 Å². The molecular formula is C26H28N4O3. The van der Waals surface area contributed by atoms with Crippen LogP contribution in [0.2, 0.25) is 0 Å².